The number of carbonyl (C=O) groups excluding carboxylic acids is 1. The fourth-order valence-corrected chi connectivity index (χ4v) is 4.16. The molecule has 9 heteroatoms. The van der Waals surface area contributed by atoms with Gasteiger partial charge in [-0.3, -0.25) is 14.3 Å². The molecule has 0 bridgehead atoms. The second kappa shape index (κ2) is 7.97. The van der Waals surface area contributed by atoms with Crippen molar-refractivity contribution in [1.82, 2.24) is 19.7 Å². The summed E-state index contributed by atoms with van der Waals surface area (Å²) in [5, 5.41) is 7.07. The molecule has 0 aromatic carbocycles. The summed E-state index contributed by atoms with van der Waals surface area (Å²) in [7, 11) is 0. The van der Waals surface area contributed by atoms with E-state index in [1.807, 2.05) is 12.1 Å². The molecule has 0 saturated carbocycles. The van der Waals surface area contributed by atoms with E-state index in [0.29, 0.717) is 23.1 Å². The van der Waals surface area contributed by atoms with Crippen molar-refractivity contribution in [1.29, 1.82) is 0 Å². The van der Waals surface area contributed by atoms with Crippen molar-refractivity contribution in [2.45, 2.75) is 37.8 Å². The fourth-order valence-electron chi connectivity index (χ4n) is 3.28. The second-order valence-electron chi connectivity index (χ2n) is 6.59. The Morgan fingerprint density at radius 3 is 3.04 bits per heavy atom. The Morgan fingerprint density at radius 2 is 2.29 bits per heavy atom. The number of nitrogens with one attached hydrogen (secondary N) is 1. The van der Waals surface area contributed by atoms with Crippen LogP contribution in [0.25, 0.3) is 0 Å². The van der Waals surface area contributed by atoms with E-state index in [1.165, 1.54) is 11.8 Å². The van der Waals surface area contributed by atoms with Crippen molar-refractivity contribution in [3.8, 4) is 0 Å². The van der Waals surface area contributed by atoms with Crippen LogP contribution in [0, 0.1) is 6.92 Å². The minimum atomic E-state index is -0.292. The monoisotopic (exact) mass is 397 g/mol. The molecule has 3 aromatic rings. The molecule has 144 valence electrons. The predicted octanol–water partition coefficient (Wildman–Crippen LogP) is 2.20. The summed E-state index contributed by atoms with van der Waals surface area (Å²) in [5.41, 5.74) is 2.75. The lowest BCUT2D eigenvalue weighted by molar-refractivity contribution is -0.113. The summed E-state index contributed by atoms with van der Waals surface area (Å²) >= 11 is 1.28. The summed E-state index contributed by atoms with van der Waals surface area (Å²) in [6.07, 6.45) is 6.14. The first-order valence-electron chi connectivity index (χ1n) is 8.97. The number of rotatable bonds is 6. The second-order valence-corrected chi connectivity index (χ2v) is 7.55. The number of thioether (sulfide) groups is 1. The predicted molar refractivity (Wildman–Crippen MR) is 104 cm³/mol. The van der Waals surface area contributed by atoms with Gasteiger partial charge in [0.15, 0.2) is 5.82 Å². The van der Waals surface area contributed by atoms with Gasteiger partial charge in [0.05, 0.1) is 12.3 Å². The molecule has 3 aromatic heterocycles. The van der Waals surface area contributed by atoms with Crippen LogP contribution in [-0.2, 0) is 24.2 Å². The average molecular weight is 397 g/mol. The maximum Gasteiger partial charge on any atom is 0.349 e. The highest BCUT2D eigenvalue weighted by Crippen LogP contribution is 2.29. The number of carbonyl (C=O) groups is 1. The lowest BCUT2D eigenvalue weighted by atomic mass is 10.2. The van der Waals surface area contributed by atoms with E-state index in [0.717, 1.165) is 36.1 Å². The SMILES string of the molecule is Cc1cc(NC(=O)CSc2nc(=O)n(Cc3cccnc3)c3c2CCC3)no1. The molecule has 28 heavy (non-hydrogen) atoms. The molecule has 0 radical (unpaired) electrons. The summed E-state index contributed by atoms with van der Waals surface area (Å²) in [6, 6.07) is 5.45. The summed E-state index contributed by atoms with van der Waals surface area (Å²) < 4.78 is 6.66. The van der Waals surface area contributed by atoms with Gasteiger partial charge < -0.3 is 9.84 Å². The number of aryl methyl sites for hydroxylation is 1. The quantitative estimate of drug-likeness (QED) is 0.502. The van der Waals surface area contributed by atoms with E-state index in [-0.39, 0.29) is 17.3 Å². The van der Waals surface area contributed by atoms with Crippen LogP contribution in [0.3, 0.4) is 0 Å². The van der Waals surface area contributed by atoms with Crippen LogP contribution in [0.2, 0.25) is 0 Å². The summed E-state index contributed by atoms with van der Waals surface area (Å²) in [4.78, 5) is 33.2. The molecule has 0 aliphatic heterocycles. The van der Waals surface area contributed by atoms with Crippen LogP contribution < -0.4 is 11.0 Å². The molecule has 1 aliphatic rings. The highest BCUT2D eigenvalue weighted by molar-refractivity contribution is 8.00. The van der Waals surface area contributed by atoms with Gasteiger partial charge in [0, 0.05) is 29.7 Å². The van der Waals surface area contributed by atoms with Gasteiger partial charge in [0.2, 0.25) is 5.91 Å². The lowest BCUT2D eigenvalue weighted by Gasteiger charge is -2.14. The number of anilines is 1. The van der Waals surface area contributed by atoms with Gasteiger partial charge in [-0.25, -0.2) is 4.79 Å². The number of fused-ring (bicyclic) bond motifs is 1. The first-order valence-corrected chi connectivity index (χ1v) is 9.96. The van der Waals surface area contributed by atoms with Crippen LogP contribution in [0.1, 0.15) is 29.0 Å². The Morgan fingerprint density at radius 1 is 1.39 bits per heavy atom. The van der Waals surface area contributed by atoms with E-state index in [2.05, 4.69) is 20.4 Å². The van der Waals surface area contributed by atoms with Crippen LogP contribution in [-0.4, -0.2) is 31.4 Å². The molecule has 0 atom stereocenters. The Bertz CT molecular complexity index is 1060. The van der Waals surface area contributed by atoms with Crippen molar-refractivity contribution in [2.75, 3.05) is 11.1 Å². The Kier molecular flexibility index (Phi) is 5.25. The minimum absolute atomic E-state index is 0.150. The van der Waals surface area contributed by atoms with Crippen LogP contribution in [0.4, 0.5) is 5.82 Å². The Hall–Kier alpha value is -2.94. The molecule has 0 fully saturated rings. The van der Waals surface area contributed by atoms with Crippen LogP contribution in [0.15, 0.2) is 44.9 Å². The Labute approximate surface area is 165 Å². The number of amides is 1. The molecular weight excluding hydrogens is 378 g/mol. The zero-order valence-electron chi connectivity index (χ0n) is 15.3. The highest BCUT2D eigenvalue weighted by atomic mass is 32.2. The number of nitrogens with zero attached hydrogens (tertiary/aromatic N) is 4. The Balaban J connectivity index is 1.51. The minimum Gasteiger partial charge on any atom is -0.360 e. The third kappa shape index (κ3) is 3.99. The molecule has 1 amide bonds. The van der Waals surface area contributed by atoms with Gasteiger partial charge in [0.1, 0.15) is 10.8 Å². The molecule has 8 nitrogen and oxygen atoms in total. The average Bonchev–Trinajstić information content (AvgIpc) is 3.33. The van der Waals surface area contributed by atoms with Gasteiger partial charge in [-0.2, -0.15) is 4.98 Å². The van der Waals surface area contributed by atoms with E-state index in [1.54, 1.807) is 30.0 Å². The van der Waals surface area contributed by atoms with E-state index < -0.39 is 0 Å². The van der Waals surface area contributed by atoms with E-state index in [9.17, 15) is 9.59 Å². The number of hydrogen-bond donors (Lipinski definition) is 1. The largest absolute Gasteiger partial charge is 0.360 e. The van der Waals surface area contributed by atoms with Crippen molar-refractivity contribution < 1.29 is 9.32 Å². The lowest BCUT2D eigenvalue weighted by Crippen LogP contribution is -2.28. The maximum absolute atomic E-state index is 12.6. The zero-order valence-corrected chi connectivity index (χ0v) is 16.2. The van der Waals surface area contributed by atoms with Gasteiger partial charge in [-0.1, -0.05) is 23.0 Å². The molecule has 1 N–H and O–H groups in total. The van der Waals surface area contributed by atoms with Crippen LogP contribution in [0.5, 0.6) is 0 Å². The summed E-state index contributed by atoms with van der Waals surface area (Å²) in [6.45, 7) is 2.21. The molecule has 0 unspecified atom stereocenters. The number of hydrogen-bond acceptors (Lipinski definition) is 7. The molecule has 3 heterocycles. The van der Waals surface area contributed by atoms with Gasteiger partial charge in [0.25, 0.3) is 0 Å². The third-order valence-electron chi connectivity index (χ3n) is 4.50. The zero-order chi connectivity index (χ0) is 19.5. The third-order valence-corrected chi connectivity index (χ3v) is 5.52. The number of pyridine rings is 1. The molecule has 1 aliphatic carbocycles. The number of aromatic nitrogens is 4. The highest BCUT2D eigenvalue weighted by Gasteiger charge is 2.22. The molecule has 0 saturated heterocycles. The first kappa shape index (κ1) is 18.4. The van der Waals surface area contributed by atoms with Crippen molar-refractivity contribution in [3.63, 3.8) is 0 Å². The van der Waals surface area contributed by atoms with E-state index >= 15 is 0 Å². The van der Waals surface area contributed by atoms with Gasteiger partial charge in [-0.05, 0) is 37.8 Å². The van der Waals surface area contributed by atoms with Crippen LogP contribution >= 0.6 is 11.8 Å². The van der Waals surface area contributed by atoms with Gasteiger partial charge >= 0.3 is 5.69 Å². The van der Waals surface area contributed by atoms with Crippen molar-refractivity contribution >= 4 is 23.5 Å². The molecular formula is C19H19N5O3S. The van der Waals surface area contributed by atoms with Gasteiger partial charge in [-0.15, -0.1) is 0 Å². The van der Waals surface area contributed by atoms with E-state index in [4.69, 9.17) is 4.52 Å². The topological polar surface area (TPSA) is 103 Å². The molecule has 0 spiro atoms. The maximum atomic E-state index is 12.6. The summed E-state index contributed by atoms with van der Waals surface area (Å²) in [5.74, 6) is 0.941. The fraction of sp³-hybridized carbons (Fsp3) is 0.316. The van der Waals surface area contributed by atoms with Crippen molar-refractivity contribution in [3.05, 3.63) is 63.7 Å². The smallest absolute Gasteiger partial charge is 0.349 e. The standard InChI is InChI=1S/C19H19N5O3S/c1-12-8-16(23-27-12)21-17(25)11-28-18-14-5-2-6-15(14)24(19(26)22-18)10-13-4-3-7-20-9-13/h3-4,7-9H,2,5-6,10-11H2,1H3,(H,21,23,25). The van der Waals surface area contributed by atoms with Crippen molar-refractivity contribution in [2.24, 2.45) is 0 Å². The first-order chi connectivity index (χ1) is 13.6. The normalized spacial score (nSPS) is 12.8. The molecule has 4 rings (SSSR count).